The number of aryl methyl sites for hydroxylation is 1. The zero-order chi connectivity index (χ0) is 49.6. The molecule has 0 unspecified atom stereocenters. The van der Waals surface area contributed by atoms with Crippen LogP contribution in [0.2, 0.25) is 0 Å². The van der Waals surface area contributed by atoms with Crippen LogP contribution in [-0.2, 0) is 53.9 Å². The van der Waals surface area contributed by atoms with Crippen molar-refractivity contribution in [1.29, 1.82) is 0 Å². The smallest absolute Gasteiger partial charge is 0.412 e. The lowest BCUT2D eigenvalue weighted by Gasteiger charge is -2.36. The van der Waals surface area contributed by atoms with Gasteiger partial charge in [-0.3, -0.25) is 24.0 Å². The molecule has 5 heterocycles. The van der Waals surface area contributed by atoms with E-state index in [-0.39, 0.29) is 87.1 Å². The predicted octanol–water partition coefficient (Wildman–Crippen LogP) is 7.65. The highest BCUT2D eigenvalue weighted by molar-refractivity contribution is 5.98. The first-order valence-electron chi connectivity index (χ1n) is 25.3. The van der Waals surface area contributed by atoms with Crippen molar-refractivity contribution >= 4 is 46.7 Å². The highest BCUT2D eigenvalue weighted by Gasteiger charge is 2.49. The first kappa shape index (κ1) is 52.5. The molecule has 1 fully saturated rings. The van der Waals surface area contributed by atoms with Gasteiger partial charge in [0.15, 0.2) is 11.0 Å². The van der Waals surface area contributed by atoms with Crippen LogP contribution in [0.4, 0.5) is 4.79 Å². The number of carbonyl (C=O) groups excluding carboxylic acids is 4. The van der Waals surface area contributed by atoms with Gasteiger partial charge in [-0.2, -0.15) is 0 Å². The fraction of sp³-hybridized carbons (Fsp3) is 0.615. The standard InChI is InChI=1S/C52H71N5O12/c1-3-36-37-31-35(23-24-41(37)55-45-38(36)33-57-42(45)32-40-39(46(57)60)34-68-49(65)52(40,67)4-2)69-50(66)54-28-27-53-43(58)21-19-17-15-13-11-9-7-5-6-8-10-12-14-16-18-20-22-44(59)56-29-25-51(26-30-56,47(61)62)48(63)64/h23-24,31-32,67H,3-22,25-30,33-34H2,1-2H3,(H,53,58)(H,54,66)(H,61,62)(H,63,64)/t52-/m0/s1. The van der Waals surface area contributed by atoms with Crippen LogP contribution in [0.5, 0.6) is 5.75 Å². The summed E-state index contributed by atoms with van der Waals surface area (Å²) in [4.78, 5) is 93.2. The molecule has 17 heteroatoms. The molecule has 1 saturated heterocycles. The third-order valence-electron chi connectivity index (χ3n) is 14.4. The van der Waals surface area contributed by atoms with Crippen LogP contribution in [0.25, 0.3) is 22.3 Å². The first-order valence-corrected chi connectivity index (χ1v) is 25.3. The molecule has 3 aliphatic rings. The Labute approximate surface area is 403 Å². The highest BCUT2D eigenvalue weighted by Crippen LogP contribution is 2.41. The van der Waals surface area contributed by atoms with Crippen molar-refractivity contribution in [3.8, 4) is 17.1 Å². The molecule has 1 aromatic carbocycles. The lowest BCUT2D eigenvalue weighted by Crippen LogP contribution is -2.50. The molecule has 3 amide bonds. The number of cyclic esters (lactones) is 1. The summed E-state index contributed by atoms with van der Waals surface area (Å²) >= 11 is 0. The average molecular weight is 958 g/mol. The van der Waals surface area contributed by atoms with Crippen LogP contribution in [0.15, 0.2) is 29.1 Å². The number of carboxylic acids is 2. The number of ether oxygens (including phenoxy) is 2. The van der Waals surface area contributed by atoms with E-state index in [4.69, 9.17) is 14.5 Å². The van der Waals surface area contributed by atoms with E-state index in [1.165, 1.54) is 57.8 Å². The zero-order valence-corrected chi connectivity index (χ0v) is 40.5. The highest BCUT2D eigenvalue weighted by atomic mass is 16.6. The molecule has 5 N–H and O–H groups in total. The van der Waals surface area contributed by atoms with Gasteiger partial charge in [-0.05, 0) is 68.4 Å². The summed E-state index contributed by atoms with van der Waals surface area (Å²) in [7, 11) is 0. The molecule has 2 aromatic heterocycles. The second-order valence-electron chi connectivity index (χ2n) is 18.9. The number of unbranched alkanes of at least 4 members (excludes halogenated alkanes) is 15. The van der Waals surface area contributed by atoms with Crippen LogP contribution in [0.1, 0.15) is 171 Å². The van der Waals surface area contributed by atoms with Gasteiger partial charge in [-0.1, -0.05) is 104 Å². The summed E-state index contributed by atoms with van der Waals surface area (Å²) < 4.78 is 12.4. The molecule has 0 bridgehead atoms. The quantitative estimate of drug-likeness (QED) is 0.0219. The van der Waals surface area contributed by atoms with Crippen molar-refractivity contribution in [2.24, 2.45) is 5.41 Å². The number of likely N-dealkylation sites (tertiary alicyclic amines) is 1. The van der Waals surface area contributed by atoms with Crippen LogP contribution >= 0.6 is 0 Å². The van der Waals surface area contributed by atoms with Crippen molar-refractivity contribution < 1.29 is 53.6 Å². The van der Waals surface area contributed by atoms with Gasteiger partial charge < -0.3 is 44.9 Å². The van der Waals surface area contributed by atoms with Crippen LogP contribution in [0, 0.1) is 5.41 Å². The van der Waals surface area contributed by atoms with Crippen molar-refractivity contribution in [3.63, 3.8) is 0 Å². The zero-order valence-electron chi connectivity index (χ0n) is 40.5. The lowest BCUT2D eigenvalue weighted by molar-refractivity contribution is -0.172. The maximum Gasteiger partial charge on any atom is 0.412 e. The van der Waals surface area contributed by atoms with Crippen molar-refractivity contribution in [1.82, 2.24) is 25.1 Å². The van der Waals surface area contributed by atoms with Crippen LogP contribution in [0.3, 0.4) is 0 Å². The summed E-state index contributed by atoms with van der Waals surface area (Å²) in [6.45, 7) is 4.59. The number of carboxylic acid groups (broad SMARTS) is 2. The van der Waals surface area contributed by atoms with E-state index in [1.807, 2.05) is 6.92 Å². The number of benzene rings is 1. The number of piperidine rings is 1. The molecule has 17 nitrogen and oxygen atoms in total. The summed E-state index contributed by atoms with van der Waals surface area (Å²) in [6, 6.07) is 6.86. The molecule has 1 atom stereocenters. The van der Waals surface area contributed by atoms with E-state index >= 15 is 0 Å². The third-order valence-corrected chi connectivity index (χ3v) is 14.4. The molecule has 376 valence electrons. The summed E-state index contributed by atoms with van der Waals surface area (Å²) in [6.07, 6.45) is 18.9. The number of aromatic nitrogens is 2. The van der Waals surface area contributed by atoms with Gasteiger partial charge in [0, 0.05) is 55.5 Å². The molecule has 69 heavy (non-hydrogen) atoms. The Bertz CT molecular complexity index is 2390. The van der Waals surface area contributed by atoms with E-state index < -0.39 is 35.0 Å². The van der Waals surface area contributed by atoms with Gasteiger partial charge in [0.2, 0.25) is 11.8 Å². The summed E-state index contributed by atoms with van der Waals surface area (Å²) in [5, 5.41) is 36.3. The Balaban J connectivity index is 0.756. The second kappa shape index (κ2) is 24.6. The molecular formula is C52H71N5O12. The molecule has 0 aliphatic carbocycles. The van der Waals surface area contributed by atoms with Gasteiger partial charge in [0.1, 0.15) is 12.4 Å². The van der Waals surface area contributed by atoms with E-state index in [2.05, 4.69) is 10.6 Å². The molecule has 6 rings (SSSR count). The van der Waals surface area contributed by atoms with E-state index in [1.54, 1.807) is 40.7 Å². The minimum Gasteiger partial charge on any atom is -0.480 e. The van der Waals surface area contributed by atoms with E-state index in [0.717, 1.165) is 61.5 Å². The van der Waals surface area contributed by atoms with Gasteiger partial charge >= 0.3 is 24.0 Å². The Morgan fingerprint density at radius 1 is 0.754 bits per heavy atom. The minimum atomic E-state index is -1.91. The Morgan fingerprint density at radius 3 is 1.88 bits per heavy atom. The molecule has 0 radical (unpaired) electrons. The van der Waals surface area contributed by atoms with Crippen LogP contribution in [-0.4, -0.2) is 91.8 Å². The fourth-order valence-electron chi connectivity index (χ4n) is 10.1. The fourth-order valence-corrected chi connectivity index (χ4v) is 10.1. The molecule has 3 aromatic rings. The number of esters is 1. The largest absolute Gasteiger partial charge is 0.480 e. The summed E-state index contributed by atoms with van der Waals surface area (Å²) in [5.41, 5.74) is 0.115. The van der Waals surface area contributed by atoms with Gasteiger partial charge in [0.25, 0.3) is 5.56 Å². The average Bonchev–Trinajstić information content (AvgIpc) is 3.71. The van der Waals surface area contributed by atoms with Crippen molar-refractivity contribution in [2.75, 3.05) is 26.2 Å². The first-order chi connectivity index (χ1) is 33.2. The molecule has 0 spiro atoms. The number of pyridine rings is 2. The predicted molar refractivity (Wildman–Crippen MR) is 258 cm³/mol. The number of hydrogen-bond acceptors (Lipinski definition) is 11. The molecule has 0 saturated carbocycles. The van der Waals surface area contributed by atoms with Gasteiger partial charge in [-0.15, -0.1) is 0 Å². The maximum absolute atomic E-state index is 13.6. The topological polar surface area (TPSA) is 244 Å². The number of fused-ring (bicyclic) bond motifs is 5. The molecular weight excluding hydrogens is 887 g/mol. The Morgan fingerprint density at radius 2 is 1.32 bits per heavy atom. The Kier molecular flexibility index (Phi) is 18.8. The number of hydrogen-bond donors (Lipinski definition) is 5. The number of nitrogens with one attached hydrogen (secondary N) is 2. The van der Waals surface area contributed by atoms with Crippen LogP contribution < -0.4 is 20.9 Å². The molecule has 3 aliphatic heterocycles. The van der Waals surface area contributed by atoms with E-state index in [9.17, 15) is 48.9 Å². The number of carbonyl (C=O) groups is 6. The minimum absolute atomic E-state index is 0.0119. The van der Waals surface area contributed by atoms with Crippen molar-refractivity contribution in [2.45, 2.75) is 174 Å². The monoisotopic (exact) mass is 958 g/mol. The SMILES string of the molecule is CCc1c2c(nc3ccc(OC(=O)NCCNC(=O)CCCCCCCCCCCCCCCCCCC(=O)N4CCC(C(=O)O)(C(=O)O)CC4)cc13)-c1cc3c(c(=O)n1C2)COC(=O)[C@]3(O)CC. The maximum atomic E-state index is 13.6. The number of aliphatic carboxylic acids is 2. The number of amides is 3. The number of aliphatic hydroxyl groups is 1. The second-order valence-corrected chi connectivity index (χ2v) is 18.9. The summed E-state index contributed by atoms with van der Waals surface area (Å²) in [5.74, 6) is -3.15. The van der Waals surface area contributed by atoms with Gasteiger partial charge in [-0.25, -0.2) is 14.6 Å². The Hall–Kier alpha value is -5.84. The van der Waals surface area contributed by atoms with Gasteiger partial charge in [0.05, 0.1) is 29.0 Å². The normalized spacial score (nSPS) is 16.9. The number of nitrogens with zero attached hydrogens (tertiary/aromatic N) is 3. The van der Waals surface area contributed by atoms with Crippen molar-refractivity contribution in [3.05, 3.63) is 56.9 Å². The number of rotatable bonds is 27. The van der Waals surface area contributed by atoms with E-state index in [0.29, 0.717) is 41.9 Å². The lowest BCUT2D eigenvalue weighted by atomic mass is 9.78. The third kappa shape index (κ3) is 12.7.